The van der Waals surface area contributed by atoms with Crippen molar-refractivity contribution in [1.29, 1.82) is 0 Å². The Bertz CT molecular complexity index is 652. The molecule has 2 aromatic carbocycles. The van der Waals surface area contributed by atoms with Crippen molar-refractivity contribution in [3.63, 3.8) is 0 Å². The number of nitrogens with zero attached hydrogens (tertiary/aromatic N) is 2. The molecule has 0 atom stereocenters. The van der Waals surface area contributed by atoms with Gasteiger partial charge in [-0.1, -0.05) is 25.5 Å². The Kier molecular flexibility index (Phi) is 7.20. The van der Waals surface area contributed by atoms with E-state index in [0.29, 0.717) is 0 Å². The number of likely N-dealkylation sites (N-methyl/N-ethyl adjacent to an activating group) is 1. The van der Waals surface area contributed by atoms with Crippen molar-refractivity contribution in [2.75, 3.05) is 34.3 Å². The van der Waals surface area contributed by atoms with Gasteiger partial charge in [-0.25, -0.2) is 0 Å². The van der Waals surface area contributed by atoms with Crippen LogP contribution in [-0.2, 0) is 6.42 Å². The molecule has 3 nitrogen and oxygen atoms in total. The van der Waals surface area contributed by atoms with E-state index in [1.165, 1.54) is 18.4 Å². The average Bonchev–Trinajstić information content (AvgIpc) is 2.59. The first-order valence-electron chi connectivity index (χ1n) is 9.12. The van der Waals surface area contributed by atoms with E-state index in [4.69, 9.17) is 4.74 Å². The lowest BCUT2D eigenvalue weighted by Crippen LogP contribution is -2.38. The van der Waals surface area contributed by atoms with Crippen LogP contribution in [0.25, 0.3) is 0 Å². The Labute approximate surface area is 152 Å². The SMILES string of the molecule is CCCCc1ccc(N=Cc2ccc(OCC[N+](C)(C)C)cc2)cc1. The molecule has 0 spiro atoms. The number of aliphatic imine (C=N–C) groups is 1. The third-order valence-electron chi connectivity index (χ3n) is 4.03. The van der Waals surface area contributed by atoms with E-state index in [9.17, 15) is 0 Å². The highest BCUT2D eigenvalue weighted by molar-refractivity contribution is 5.82. The van der Waals surface area contributed by atoms with E-state index in [1.807, 2.05) is 30.5 Å². The third-order valence-corrected chi connectivity index (χ3v) is 4.03. The summed E-state index contributed by atoms with van der Waals surface area (Å²) in [4.78, 5) is 4.55. The highest BCUT2D eigenvalue weighted by Gasteiger charge is 2.06. The van der Waals surface area contributed by atoms with Gasteiger partial charge in [0.25, 0.3) is 0 Å². The standard InChI is InChI=1S/C22H31N2O/c1-5-6-7-19-8-12-21(13-9-19)23-18-20-10-14-22(15-11-20)25-17-16-24(2,3)4/h8-15,18H,5-7,16-17H2,1-4H3/q+1. The quantitative estimate of drug-likeness (QED) is 0.472. The normalized spacial score (nSPS) is 11.8. The Morgan fingerprint density at radius 1 is 0.960 bits per heavy atom. The molecule has 0 N–H and O–H groups in total. The highest BCUT2D eigenvalue weighted by atomic mass is 16.5. The smallest absolute Gasteiger partial charge is 0.137 e. The maximum Gasteiger partial charge on any atom is 0.137 e. The van der Waals surface area contributed by atoms with Crippen LogP contribution < -0.4 is 4.74 Å². The molecule has 0 aliphatic rings. The van der Waals surface area contributed by atoms with Crippen LogP contribution in [0.3, 0.4) is 0 Å². The van der Waals surface area contributed by atoms with Crippen LogP contribution in [0.1, 0.15) is 30.9 Å². The first kappa shape index (κ1) is 19.2. The maximum absolute atomic E-state index is 5.79. The molecule has 25 heavy (non-hydrogen) atoms. The van der Waals surface area contributed by atoms with Gasteiger partial charge in [0.15, 0.2) is 0 Å². The summed E-state index contributed by atoms with van der Waals surface area (Å²) in [5, 5.41) is 0. The fourth-order valence-corrected chi connectivity index (χ4v) is 2.37. The van der Waals surface area contributed by atoms with Gasteiger partial charge < -0.3 is 9.22 Å². The van der Waals surface area contributed by atoms with Crippen molar-refractivity contribution >= 4 is 11.9 Å². The summed E-state index contributed by atoms with van der Waals surface area (Å²) >= 11 is 0. The molecule has 2 rings (SSSR count). The minimum atomic E-state index is 0.724. The number of aryl methyl sites for hydroxylation is 1. The number of hydrogen-bond donors (Lipinski definition) is 0. The lowest BCUT2D eigenvalue weighted by Gasteiger charge is -2.23. The fourth-order valence-electron chi connectivity index (χ4n) is 2.37. The van der Waals surface area contributed by atoms with E-state index in [0.717, 1.165) is 41.1 Å². The molecular weight excluding hydrogens is 308 g/mol. The van der Waals surface area contributed by atoms with Crippen molar-refractivity contribution < 1.29 is 9.22 Å². The Hall–Kier alpha value is -2.13. The average molecular weight is 340 g/mol. The molecule has 0 amide bonds. The maximum atomic E-state index is 5.79. The Morgan fingerprint density at radius 2 is 1.64 bits per heavy atom. The summed E-state index contributed by atoms with van der Waals surface area (Å²) in [7, 11) is 6.50. The van der Waals surface area contributed by atoms with Gasteiger partial charge in [-0.05, 0) is 60.4 Å². The molecular formula is C22H31N2O+. The van der Waals surface area contributed by atoms with E-state index >= 15 is 0 Å². The number of quaternary nitrogens is 1. The van der Waals surface area contributed by atoms with Crippen LogP contribution in [0.4, 0.5) is 5.69 Å². The third kappa shape index (κ3) is 7.53. The number of benzene rings is 2. The molecule has 0 radical (unpaired) electrons. The summed E-state index contributed by atoms with van der Waals surface area (Å²) in [5.74, 6) is 0.908. The summed E-state index contributed by atoms with van der Waals surface area (Å²) < 4.78 is 6.69. The number of hydrogen-bond acceptors (Lipinski definition) is 2. The van der Waals surface area contributed by atoms with E-state index in [-0.39, 0.29) is 0 Å². The van der Waals surface area contributed by atoms with Gasteiger partial charge in [-0.15, -0.1) is 0 Å². The predicted octanol–water partition coefficient (Wildman–Crippen LogP) is 4.86. The van der Waals surface area contributed by atoms with E-state index in [2.05, 4.69) is 57.3 Å². The molecule has 0 heterocycles. The second-order valence-electron chi connectivity index (χ2n) is 7.46. The molecule has 2 aromatic rings. The van der Waals surface area contributed by atoms with E-state index in [1.54, 1.807) is 0 Å². The highest BCUT2D eigenvalue weighted by Crippen LogP contribution is 2.16. The molecule has 0 aliphatic heterocycles. The molecule has 0 saturated carbocycles. The van der Waals surface area contributed by atoms with Gasteiger partial charge in [0.1, 0.15) is 18.9 Å². The van der Waals surface area contributed by atoms with Gasteiger partial charge in [0.05, 0.1) is 26.8 Å². The molecule has 0 saturated heterocycles. The van der Waals surface area contributed by atoms with Crippen LogP contribution in [-0.4, -0.2) is 45.0 Å². The lowest BCUT2D eigenvalue weighted by atomic mass is 10.1. The van der Waals surface area contributed by atoms with Crippen LogP contribution in [0.2, 0.25) is 0 Å². The minimum Gasteiger partial charge on any atom is -0.488 e. The van der Waals surface area contributed by atoms with Crippen molar-refractivity contribution in [3.8, 4) is 5.75 Å². The Balaban J connectivity index is 1.86. The van der Waals surface area contributed by atoms with Gasteiger partial charge in [0.2, 0.25) is 0 Å². The lowest BCUT2D eigenvalue weighted by molar-refractivity contribution is -0.870. The van der Waals surface area contributed by atoms with Crippen LogP contribution in [0, 0.1) is 0 Å². The zero-order valence-electron chi connectivity index (χ0n) is 16.0. The molecule has 0 bridgehead atoms. The number of ether oxygens (including phenoxy) is 1. The number of unbranched alkanes of at least 4 members (excludes halogenated alkanes) is 1. The van der Waals surface area contributed by atoms with Crippen LogP contribution in [0.15, 0.2) is 53.5 Å². The van der Waals surface area contributed by atoms with Gasteiger partial charge >= 0.3 is 0 Å². The first-order chi connectivity index (χ1) is 12.0. The molecule has 0 aliphatic carbocycles. The van der Waals surface area contributed by atoms with Crippen molar-refractivity contribution in [2.24, 2.45) is 4.99 Å². The molecule has 0 fully saturated rings. The van der Waals surface area contributed by atoms with Crippen molar-refractivity contribution in [3.05, 3.63) is 59.7 Å². The zero-order chi connectivity index (χ0) is 18.1. The summed E-state index contributed by atoms with van der Waals surface area (Å²) in [6, 6.07) is 16.6. The zero-order valence-corrected chi connectivity index (χ0v) is 16.0. The van der Waals surface area contributed by atoms with Crippen molar-refractivity contribution in [2.45, 2.75) is 26.2 Å². The summed E-state index contributed by atoms with van der Waals surface area (Å²) in [6.45, 7) is 3.93. The van der Waals surface area contributed by atoms with Gasteiger partial charge in [0, 0.05) is 6.21 Å². The minimum absolute atomic E-state index is 0.724. The van der Waals surface area contributed by atoms with E-state index < -0.39 is 0 Å². The van der Waals surface area contributed by atoms with Gasteiger partial charge in [-0.2, -0.15) is 0 Å². The molecule has 3 heteroatoms. The summed E-state index contributed by atoms with van der Waals surface area (Å²) in [6.07, 6.45) is 5.52. The molecule has 0 unspecified atom stereocenters. The molecule has 0 aromatic heterocycles. The van der Waals surface area contributed by atoms with Crippen LogP contribution >= 0.6 is 0 Å². The Morgan fingerprint density at radius 3 is 2.24 bits per heavy atom. The summed E-state index contributed by atoms with van der Waals surface area (Å²) in [5.41, 5.74) is 3.45. The largest absolute Gasteiger partial charge is 0.488 e. The monoisotopic (exact) mass is 339 g/mol. The second-order valence-corrected chi connectivity index (χ2v) is 7.46. The van der Waals surface area contributed by atoms with Gasteiger partial charge in [-0.3, -0.25) is 4.99 Å². The second kappa shape index (κ2) is 9.38. The number of rotatable bonds is 9. The molecule has 134 valence electrons. The predicted molar refractivity (Wildman–Crippen MR) is 107 cm³/mol. The van der Waals surface area contributed by atoms with Crippen LogP contribution in [0.5, 0.6) is 5.75 Å². The van der Waals surface area contributed by atoms with Crippen molar-refractivity contribution in [1.82, 2.24) is 0 Å². The first-order valence-corrected chi connectivity index (χ1v) is 9.12. The topological polar surface area (TPSA) is 21.6 Å². The fraction of sp³-hybridized carbons (Fsp3) is 0.409.